The zero-order valence-corrected chi connectivity index (χ0v) is 31.9. The van der Waals surface area contributed by atoms with Gasteiger partial charge >= 0.3 is 0 Å². The van der Waals surface area contributed by atoms with Crippen LogP contribution in [0.1, 0.15) is 10.4 Å². The Morgan fingerprint density at radius 2 is 0.708 bits per heavy atom. The van der Waals surface area contributed by atoms with Crippen LogP contribution in [0, 0.1) is 116 Å². The van der Waals surface area contributed by atoms with E-state index in [2.05, 4.69) is 12.6 Å². The number of rotatable bonds is 7. The van der Waals surface area contributed by atoms with E-state index in [1.54, 1.807) is 0 Å². The molecule has 0 aliphatic heterocycles. The lowest BCUT2D eigenvalue weighted by molar-refractivity contribution is -0.681. The van der Waals surface area contributed by atoms with Gasteiger partial charge in [0.1, 0.15) is 52.7 Å². The van der Waals surface area contributed by atoms with E-state index in [4.69, 9.17) is 0 Å². The summed E-state index contributed by atoms with van der Waals surface area (Å²) in [7, 11) is 0. The molecule has 0 atom stereocenters. The third-order valence-electron chi connectivity index (χ3n) is 9.99. The van der Waals surface area contributed by atoms with Crippen molar-refractivity contribution >= 4 is 57.2 Å². The van der Waals surface area contributed by atoms with E-state index in [1.165, 1.54) is 0 Å². The number of benzene rings is 6. The number of Topliss-reactive ketones (excluding diaryl/α,β-unsaturated/α-hetero) is 1. The molecule has 0 saturated carbocycles. The molecule has 0 spiro atoms. The Labute approximate surface area is 354 Å². The van der Waals surface area contributed by atoms with Gasteiger partial charge in [-0.05, 0) is 11.5 Å². The first-order valence-electron chi connectivity index (χ1n) is 17.4. The van der Waals surface area contributed by atoms with E-state index in [0.29, 0.717) is 6.54 Å². The van der Waals surface area contributed by atoms with Crippen LogP contribution in [0.2, 0.25) is 0 Å². The monoisotopic (exact) mass is 959 g/mol. The quantitative estimate of drug-likeness (QED) is 0.0322. The van der Waals surface area contributed by atoms with Crippen LogP contribution in [0.25, 0.3) is 10.8 Å². The van der Waals surface area contributed by atoms with Crippen molar-refractivity contribution in [3.63, 3.8) is 0 Å². The fourth-order valence-corrected chi connectivity index (χ4v) is 7.37. The second kappa shape index (κ2) is 17.8. The van der Waals surface area contributed by atoms with Gasteiger partial charge in [0.05, 0.1) is 5.39 Å². The van der Waals surface area contributed by atoms with Crippen LogP contribution in [-0.2, 0) is 6.54 Å². The first-order chi connectivity index (χ1) is 30.4. The highest BCUT2D eigenvalue weighted by molar-refractivity contribution is 7.80. The SMILES string of the molecule is Fc1c(F)c(F)c([B-](c2c(F)c(F)c(F)c(F)c2F)(c2c(F)c(F)c(F)c(F)c2F)c2c(F)c(F)c(F)c(F)c2F)c(F)c1F.O=C(C[n+]1ccc2cccc(S)c2c1)c1ccccc1. The van der Waals surface area contributed by atoms with Crippen molar-refractivity contribution in [1.82, 2.24) is 0 Å². The lowest BCUT2D eigenvalue weighted by atomic mass is 9.12. The normalized spacial score (nSPS) is 11.6. The van der Waals surface area contributed by atoms with Gasteiger partial charge in [-0.15, -0.1) is 34.5 Å². The van der Waals surface area contributed by atoms with Gasteiger partial charge in [-0.2, -0.15) is 4.57 Å². The Morgan fingerprint density at radius 3 is 1.03 bits per heavy atom. The number of carbonyl (C=O) groups excluding carboxylic acids is 1. The Kier molecular flexibility index (Phi) is 13.1. The number of fused-ring (bicyclic) bond motifs is 1. The fourth-order valence-electron chi connectivity index (χ4n) is 7.09. The molecule has 0 unspecified atom stereocenters. The summed E-state index contributed by atoms with van der Waals surface area (Å²) in [6.07, 6.45) is -3.32. The molecule has 7 aromatic rings. The second-order valence-electron chi connectivity index (χ2n) is 13.5. The van der Waals surface area contributed by atoms with Gasteiger partial charge in [0.25, 0.3) is 0 Å². The number of pyridine rings is 1. The van der Waals surface area contributed by atoms with Gasteiger partial charge in [-0.3, -0.25) is 4.79 Å². The molecule has 2 nitrogen and oxygen atoms in total. The third-order valence-corrected chi connectivity index (χ3v) is 10.4. The standard InChI is InChI=1S/C24BF20.C17H13NOS/c26-5-1(6(27)14(35)21(42)13(5)34)25(2-7(28)15(36)22(43)16(37)8(2)29,3-9(30)17(38)23(44)18(39)10(3)31)4-11(32)19(40)24(45)20(41)12(4)33;19-16(14-5-2-1-3-6-14)12-18-10-9-13-7-4-8-17(20)15(13)11-18/h;1-11H,12H2/q-1;/p+1. The van der Waals surface area contributed by atoms with E-state index in [1.807, 2.05) is 71.6 Å². The summed E-state index contributed by atoms with van der Waals surface area (Å²) < 4.78 is 296. The van der Waals surface area contributed by atoms with E-state index >= 15 is 35.1 Å². The van der Waals surface area contributed by atoms with Crippen LogP contribution in [0.3, 0.4) is 0 Å². The average Bonchev–Trinajstić information content (AvgIpc) is 3.29. The molecule has 0 N–H and O–H groups in total. The van der Waals surface area contributed by atoms with Crippen molar-refractivity contribution in [2.75, 3.05) is 0 Å². The maximum Gasteiger partial charge on any atom is 0.227 e. The molecular formula is C41H14BF20NOS. The number of hydrogen-bond acceptors (Lipinski definition) is 2. The number of ketones is 1. The van der Waals surface area contributed by atoms with Gasteiger partial charge < -0.3 is 0 Å². The minimum absolute atomic E-state index is 0.103. The Bertz CT molecular complexity index is 2730. The topological polar surface area (TPSA) is 20.9 Å². The van der Waals surface area contributed by atoms with Gasteiger partial charge in [0.2, 0.25) is 12.3 Å². The molecule has 24 heteroatoms. The molecule has 7 rings (SSSR count). The highest BCUT2D eigenvalue weighted by atomic mass is 32.1. The highest BCUT2D eigenvalue weighted by Gasteiger charge is 2.52. The van der Waals surface area contributed by atoms with Crippen molar-refractivity contribution in [1.29, 1.82) is 0 Å². The van der Waals surface area contributed by atoms with Crippen LogP contribution < -0.4 is 26.4 Å². The Morgan fingerprint density at radius 1 is 0.400 bits per heavy atom. The minimum atomic E-state index is -7.22. The summed E-state index contributed by atoms with van der Waals surface area (Å²) in [5.74, 6) is -71.3. The second-order valence-corrected chi connectivity index (χ2v) is 14.0. The number of nitrogens with zero attached hydrogens (tertiary/aromatic N) is 1. The number of thiol groups is 1. The third kappa shape index (κ3) is 7.59. The highest BCUT2D eigenvalue weighted by Crippen LogP contribution is 2.31. The lowest BCUT2D eigenvalue weighted by Gasteiger charge is -2.44. The zero-order chi connectivity index (χ0) is 48.3. The molecule has 0 radical (unpaired) electrons. The molecule has 338 valence electrons. The maximum absolute atomic E-state index is 15.4. The Hall–Kier alpha value is -6.59. The van der Waals surface area contributed by atoms with Gasteiger partial charge in [0, 0.05) is 16.5 Å². The van der Waals surface area contributed by atoms with Crippen molar-refractivity contribution in [2.24, 2.45) is 0 Å². The number of hydrogen-bond donors (Lipinski definition) is 1. The predicted molar refractivity (Wildman–Crippen MR) is 191 cm³/mol. The molecule has 0 saturated heterocycles. The Balaban J connectivity index is 0.000000289. The number of carbonyl (C=O) groups is 1. The van der Waals surface area contributed by atoms with E-state index < -0.39 is 144 Å². The maximum atomic E-state index is 15.4. The van der Waals surface area contributed by atoms with Crippen molar-refractivity contribution < 1.29 is 97.2 Å². The minimum Gasteiger partial charge on any atom is -0.287 e. The van der Waals surface area contributed by atoms with Gasteiger partial charge in [-0.1, -0.05) is 42.5 Å². The molecular weight excluding hydrogens is 945 g/mol. The van der Waals surface area contributed by atoms with Crippen LogP contribution in [0.4, 0.5) is 87.8 Å². The molecule has 0 bridgehead atoms. The first kappa shape index (κ1) is 47.9. The summed E-state index contributed by atoms with van der Waals surface area (Å²) in [5, 5.41) is 2.18. The summed E-state index contributed by atoms with van der Waals surface area (Å²) in [6, 6.07) is 17.3. The smallest absolute Gasteiger partial charge is 0.227 e. The lowest BCUT2D eigenvalue weighted by Crippen LogP contribution is -2.81. The molecule has 0 aliphatic carbocycles. The van der Waals surface area contributed by atoms with Crippen LogP contribution in [0.5, 0.6) is 0 Å². The molecule has 65 heavy (non-hydrogen) atoms. The molecule has 1 heterocycles. The van der Waals surface area contributed by atoms with Crippen molar-refractivity contribution in [3.8, 4) is 0 Å². The van der Waals surface area contributed by atoms with Gasteiger partial charge in [-0.25, -0.2) is 87.8 Å². The van der Waals surface area contributed by atoms with Crippen molar-refractivity contribution in [2.45, 2.75) is 11.4 Å². The number of aromatic nitrogens is 1. The van der Waals surface area contributed by atoms with Crippen LogP contribution in [0.15, 0.2) is 71.9 Å². The fraction of sp³-hybridized carbons (Fsp3) is 0.0244. The average molecular weight is 959 g/mol. The molecule has 0 aliphatic rings. The molecule has 1 aromatic heterocycles. The predicted octanol–water partition coefficient (Wildman–Crippen LogP) is 9.14. The van der Waals surface area contributed by atoms with Gasteiger partial charge in [0.15, 0.2) is 82.2 Å². The molecule has 0 fully saturated rings. The van der Waals surface area contributed by atoms with Crippen LogP contribution in [-0.4, -0.2) is 11.9 Å². The largest absolute Gasteiger partial charge is 0.287 e. The summed E-state index contributed by atoms with van der Waals surface area (Å²) in [4.78, 5) is 13.1. The van der Waals surface area contributed by atoms with E-state index in [9.17, 15) is 57.5 Å². The van der Waals surface area contributed by atoms with Crippen molar-refractivity contribution in [3.05, 3.63) is 189 Å². The van der Waals surface area contributed by atoms with E-state index in [-0.39, 0.29) is 5.78 Å². The first-order valence-corrected chi connectivity index (χ1v) is 17.8. The van der Waals surface area contributed by atoms with Crippen LogP contribution >= 0.6 is 12.6 Å². The molecule has 0 amide bonds. The summed E-state index contributed by atoms with van der Waals surface area (Å²) in [5.41, 5.74) is -13.6. The zero-order valence-electron chi connectivity index (χ0n) is 31.0. The number of halogens is 20. The van der Waals surface area contributed by atoms with E-state index in [0.717, 1.165) is 21.2 Å². The molecule has 6 aromatic carbocycles. The summed E-state index contributed by atoms with van der Waals surface area (Å²) >= 11 is 4.46. The summed E-state index contributed by atoms with van der Waals surface area (Å²) in [6.45, 7) is 0.335.